The Bertz CT molecular complexity index is 872. The lowest BCUT2D eigenvalue weighted by Gasteiger charge is -2.21. The van der Waals surface area contributed by atoms with Crippen LogP contribution in [-0.2, 0) is 13.0 Å². The van der Waals surface area contributed by atoms with E-state index in [9.17, 15) is 0 Å². The zero-order valence-corrected chi connectivity index (χ0v) is 17.5. The van der Waals surface area contributed by atoms with Gasteiger partial charge in [-0.05, 0) is 65.1 Å². The molecule has 1 aromatic carbocycles. The van der Waals surface area contributed by atoms with Gasteiger partial charge in [-0.1, -0.05) is 6.07 Å². The molecular formula is C22H26N2O3S. The molecule has 28 heavy (non-hydrogen) atoms. The van der Waals surface area contributed by atoms with E-state index in [-0.39, 0.29) is 6.04 Å². The molecule has 2 aromatic heterocycles. The van der Waals surface area contributed by atoms with Crippen molar-refractivity contribution in [1.29, 1.82) is 0 Å². The van der Waals surface area contributed by atoms with E-state index in [1.54, 1.807) is 32.7 Å². The fourth-order valence-corrected chi connectivity index (χ4v) is 3.93. The Morgan fingerprint density at radius 3 is 2.36 bits per heavy atom. The minimum Gasteiger partial charge on any atom is -0.493 e. The highest BCUT2D eigenvalue weighted by Crippen LogP contribution is 2.38. The largest absolute Gasteiger partial charge is 0.493 e. The van der Waals surface area contributed by atoms with E-state index in [4.69, 9.17) is 14.2 Å². The molecule has 0 aliphatic rings. The van der Waals surface area contributed by atoms with E-state index >= 15 is 0 Å². The fourth-order valence-electron chi connectivity index (χ4n) is 3.25. The van der Waals surface area contributed by atoms with Gasteiger partial charge in [-0.3, -0.25) is 4.98 Å². The highest BCUT2D eigenvalue weighted by Gasteiger charge is 2.18. The van der Waals surface area contributed by atoms with Crippen molar-refractivity contribution in [3.8, 4) is 17.2 Å². The molecule has 0 radical (unpaired) electrons. The first-order valence-corrected chi connectivity index (χ1v) is 10.1. The van der Waals surface area contributed by atoms with Crippen LogP contribution in [0.2, 0.25) is 0 Å². The van der Waals surface area contributed by atoms with Crippen molar-refractivity contribution >= 4 is 11.3 Å². The van der Waals surface area contributed by atoms with Gasteiger partial charge in [-0.25, -0.2) is 0 Å². The van der Waals surface area contributed by atoms with Crippen LogP contribution in [0.5, 0.6) is 17.2 Å². The molecule has 0 saturated carbocycles. The van der Waals surface area contributed by atoms with Gasteiger partial charge in [-0.2, -0.15) is 11.3 Å². The molecule has 0 fully saturated rings. The lowest BCUT2D eigenvalue weighted by atomic mass is 10.0. The topological polar surface area (TPSA) is 52.6 Å². The van der Waals surface area contributed by atoms with Crippen LogP contribution in [0.1, 0.15) is 28.4 Å². The summed E-state index contributed by atoms with van der Waals surface area (Å²) < 4.78 is 16.4. The summed E-state index contributed by atoms with van der Waals surface area (Å²) in [6.45, 7) is 2.76. The summed E-state index contributed by atoms with van der Waals surface area (Å²) in [6, 6.07) is 10.3. The molecule has 0 aliphatic heterocycles. The number of nitrogens with one attached hydrogen (secondary N) is 1. The molecule has 0 unspecified atom stereocenters. The summed E-state index contributed by atoms with van der Waals surface area (Å²) in [6.07, 6.45) is 2.73. The van der Waals surface area contributed by atoms with Gasteiger partial charge in [0.1, 0.15) is 0 Å². The molecule has 2 heterocycles. The van der Waals surface area contributed by atoms with Crippen molar-refractivity contribution in [2.75, 3.05) is 21.3 Å². The number of benzene rings is 1. The smallest absolute Gasteiger partial charge is 0.203 e. The number of thiophene rings is 1. The highest BCUT2D eigenvalue weighted by molar-refractivity contribution is 7.07. The SMILES string of the molecule is COc1cc(CN[C@@H](Cc2ccsc2)c2ncccc2C)cc(OC)c1OC. The molecule has 6 heteroatoms. The number of aromatic nitrogens is 1. The van der Waals surface area contributed by atoms with Crippen molar-refractivity contribution in [2.24, 2.45) is 0 Å². The summed E-state index contributed by atoms with van der Waals surface area (Å²) in [7, 11) is 4.87. The molecule has 0 spiro atoms. The van der Waals surface area contributed by atoms with Gasteiger partial charge in [0.05, 0.1) is 33.1 Å². The van der Waals surface area contributed by atoms with Crippen molar-refractivity contribution in [1.82, 2.24) is 10.3 Å². The second-order valence-corrected chi connectivity index (χ2v) is 7.29. The first-order chi connectivity index (χ1) is 13.7. The first kappa shape index (κ1) is 20.2. The van der Waals surface area contributed by atoms with Gasteiger partial charge in [0, 0.05) is 12.7 Å². The molecule has 0 aliphatic carbocycles. The molecular weight excluding hydrogens is 372 g/mol. The monoisotopic (exact) mass is 398 g/mol. The number of hydrogen-bond acceptors (Lipinski definition) is 6. The maximum absolute atomic E-state index is 5.47. The molecule has 0 bridgehead atoms. The first-order valence-electron chi connectivity index (χ1n) is 9.11. The normalized spacial score (nSPS) is 11.9. The van der Waals surface area contributed by atoms with Gasteiger partial charge in [0.15, 0.2) is 11.5 Å². The molecule has 0 saturated heterocycles. The average Bonchev–Trinajstić information content (AvgIpc) is 3.23. The van der Waals surface area contributed by atoms with Crippen molar-refractivity contribution in [3.05, 3.63) is 69.7 Å². The predicted octanol–water partition coefficient (Wildman–Crippen LogP) is 4.55. The average molecular weight is 399 g/mol. The number of aryl methyl sites for hydroxylation is 1. The van der Waals surface area contributed by atoms with Crippen LogP contribution in [0.4, 0.5) is 0 Å². The number of rotatable bonds is 9. The van der Waals surface area contributed by atoms with Gasteiger partial charge in [-0.15, -0.1) is 0 Å². The Morgan fingerprint density at radius 2 is 1.79 bits per heavy atom. The van der Waals surface area contributed by atoms with Crippen LogP contribution >= 0.6 is 11.3 Å². The maximum atomic E-state index is 5.47. The predicted molar refractivity (Wildman–Crippen MR) is 113 cm³/mol. The molecule has 1 atom stereocenters. The Hall–Kier alpha value is -2.57. The van der Waals surface area contributed by atoms with E-state index in [1.807, 2.05) is 24.4 Å². The third-order valence-corrected chi connectivity index (χ3v) is 5.41. The minimum atomic E-state index is 0.106. The summed E-state index contributed by atoms with van der Waals surface area (Å²) in [5.41, 5.74) is 4.61. The second kappa shape index (κ2) is 9.57. The lowest BCUT2D eigenvalue weighted by molar-refractivity contribution is 0.323. The van der Waals surface area contributed by atoms with E-state index < -0.39 is 0 Å². The molecule has 0 amide bonds. The fraction of sp³-hybridized carbons (Fsp3) is 0.318. The van der Waals surface area contributed by atoms with Crippen LogP contribution < -0.4 is 19.5 Å². The second-order valence-electron chi connectivity index (χ2n) is 6.51. The Balaban J connectivity index is 1.85. The molecule has 3 aromatic rings. The number of pyridine rings is 1. The summed E-state index contributed by atoms with van der Waals surface area (Å²) in [4.78, 5) is 4.64. The molecule has 148 valence electrons. The van der Waals surface area contributed by atoms with Crippen LogP contribution in [0.25, 0.3) is 0 Å². The van der Waals surface area contributed by atoms with Gasteiger partial charge in [0.25, 0.3) is 0 Å². The molecule has 3 rings (SSSR count). The Labute approximate surface area is 170 Å². The zero-order chi connectivity index (χ0) is 19.9. The summed E-state index contributed by atoms with van der Waals surface area (Å²) in [5.74, 6) is 1.91. The van der Waals surface area contributed by atoms with Gasteiger partial charge >= 0.3 is 0 Å². The lowest BCUT2D eigenvalue weighted by Crippen LogP contribution is -2.24. The third-order valence-electron chi connectivity index (χ3n) is 4.68. The van der Waals surface area contributed by atoms with E-state index in [0.29, 0.717) is 23.8 Å². The van der Waals surface area contributed by atoms with Crippen LogP contribution in [0.15, 0.2) is 47.3 Å². The van der Waals surface area contributed by atoms with Crippen molar-refractivity contribution in [2.45, 2.75) is 25.9 Å². The van der Waals surface area contributed by atoms with Crippen LogP contribution in [0, 0.1) is 6.92 Å². The Kier molecular flexibility index (Phi) is 6.90. The summed E-state index contributed by atoms with van der Waals surface area (Å²) in [5, 5.41) is 7.96. The molecule has 5 nitrogen and oxygen atoms in total. The van der Waals surface area contributed by atoms with Crippen molar-refractivity contribution in [3.63, 3.8) is 0 Å². The van der Waals surface area contributed by atoms with Crippen molar-refractivity contribution < 1.29 is 14.2 Å². The Morgan fingerprint density at radius 1 is 1.04 bits per heavy atom. The highest BCUT2D eigenvalue weighted by atomic mass is 32.1. The standard InChI is InChI=1S/C22H26N2O3S/c1-15-6-5-8-23-21(15)18(10-16-7-9-28-14-16)24-13-17-11-19(25-2)22(27-4)20(12-17)26-3/h5-9,11-12,14,18,24H,10,13H2,1-4H3/t18-/m0/s1. The van der Waals surface area contributed by atoms with Crippen LogP contribution in [-0.4, -0.2) is 26.3 Å². The number of ether oxygens (including phenoxy) is 3. The summed E-state index contributed by atoms with van der Waals surface area (Å²) >= 11 is 1.71. The number of nitrogens with zero attached hydrogens (tertiary/aromatic N) is 1. The minimum absolute atomic E-state index is 0.106. The van der Waals surface area contributed by atoms with Gasteiger partial charge < -0.3 is 19.5 Å². The number of methoxy groups -OCH3 is 3. The molecule has 1 N–H and O–H groups in total. The quantitative estimate of drug-likeness (QED) is 0.573. The van der Waals surface area contributed by atoms with E-state index in [2.05, 4.69) is 40.1 Å². The zero-order valence-electron chi connectivity index (χ0n) is 16.7. The number of hydrogen-bond donors (Lipinski definition) is 1. The van der Waals surface area contributed by atoms with Crippen LogP contribution in [0.3, 0.4) is 0 Å². The third kappa shape index (κ3) is 4.64. The van der Waals surface area contributed by atoms with Gasteiger partial charge in [0.2, 0.25) is 5.75 Å². The maximum Gasteiger partial charge on any atom is 0.203 e. The van der Waals surface area contributed by atoms with E-state index in [1.165, 1.54) is 11.1 Å². The van der Waals surface area contributed by atoms with E-state index in [0.717, 1.165) is 17.7 Å².